The van der Waals surface area contributed by atoms with Crippen LogP contribution < -0.4 is 10.1 Å². The maximum Gasteiger partial charge on any atom is 0.261 e. The number of nitrogens with zero attached hydrogens (tertiary/aromatic N) is 2. The Morgan fingerprint density at radius 3 is 2.79 bits per heavy atom. The Balaban J connectivity index is 1.89. The number of hydrogen-bond acceptors (Lipinski definition) is 5. The summed E-state index contributed by atoms with van der Waals surface area (Å²) in [7, 11) is 0. The summed E-state index contributed by atoms with van der Waals surface area (Å²) < 4.78 is 5.42. The molecule has 1 atom stereocenters. The first kappa shape index (κ1) is 19.8. The second-order valence-corrected chi connectivity index (χ2v) is 7.35. The van der Waals surface area contributed by atoms with Crippen molar-refractivity contribution in [3.8, 4) is 5.88 Å². The maximum atomic E-state index is 13.0. The molecule has 0 bridgehead atoms. The summed E-state index contributed by atoms with van der Waals surface area (Å²) in [5.74, 6) is -0.359. The summed E-state index contributed by atoms with van der Waals surface area (Å²) in [5, 5.41) is 13.1. The van der Waals surface area contributed by atoms with Crippen LogP contribution in [0.4, 0.5) is 5.69 Å². The third kappa shape index (κ3) is 3.71. The van der Waals surface area contributed by atoms with Gasteiger partial charge in [-0.3, -0.25) is 9.59 Å². The van der Waals surface area contributed by atoms with Crippen LogP contribution in [0, 0.1) is 0 Å². The number of carbonyl (C=O) groups is 2. The molecular formula is C21H25N3O4. The van der Waals surface area contributed by atoms with Gasteiger partial charge in [-0.1, -0.05) is 12.1 Å². The Morgan fingerprint density at radius 2 is 2.11 bits per heavy atom. The highest BCUT2D eigenvalue weighted by Gasteiger charge is 2.38. The lowest BCUT2D eigenvalue weighted by atomic mass is 9.99. The van der Waals surface area contributed by atoms with Gasteiger partial charge in [-0.15, -0.1) is 0 Å². The zero-order valence-corrected chi connectivity index (χ0v) is 16.5. The molecule has 1 aromatic heterocycles. The van der Waals surface area contributed by atoms with Crippen molar-refractivity contribution in [1.82, 2.24) is 9.88 Å². The van der Waals surface area contributed by atoms with Gasteiger partial charge in [0.15, 0.2) is 0 Å². The van der Waals surface area contributed by atoms with Gasteiger partial charge in [0, 0.05) is 12.7 Å². The monoisotopic (exact) mass is 383 g/mol. The molecule has 7 heteroatoms. The first-order valence-corrected chi connectivity index (χ1v) is 9.28. The van der Waals surface area contributed by atoms with E-state index in [2.05, 4.69) is 10.3 Å². The largest absolute Gasteiger partial charge is 0.477 e. The Labute approximate surface area is 164 Å². The van der Waals surface area contributed by atoms with E-state index >= 15 is 0 Å². The van der Waals surface area contributed by atoms with Crippen LogP contribution in [0.2, 0.25) is 0 Å². The average molecular weight is 383 g/mol. The minimum Gasteiger partial charge on any atom is -0.477 e. The van der Waals surface area contributed by atoms with Crippen LogP contribution in [0.1, 0.15) is 54.0 Å². The normalized spacial score (nSPS) is 14.6. The van der Waals surface area contributed by atoms with Gasteiger partial charge in [0.2, 0.25) is 5.88 Å². The molecule has 1 aliphatic rings. The van der Waals surface area contributed by atoms with E-state index in [9.17, 15) is 14.7 Å². The maximum absolute atomic E-state index is 13.0. The standard InChI is InChI=1S/C21H25N3O4/c1-5-28-19-15(9-7-11-22-19)18(25)23-16-10-6-8-14-12-24(20(26)17(14)16)13(2)21(3,4)27/h6-11,13,27H,5,12H2,1-4H3,(H,23,25). The molecule has 2 heterocycles. The summed E-state index contributed by atoms with van der Waals surface area (Å²) in [5.41, 5.74) is 0.964. The summed E-state index contributed by atoms with van der Waals surface area (Å²) in [6.45, 7) is 7.76. The summed E-state index contributed by atoms with van der Waals surface area (Å²) in [6.07, 6.45) is 1.56. The van der Waals surface area contributed by atoms with Gasteiger partial charge in [-0.2, -0.15) is 0 Å². The molecule has 7 nitrogen and oxygen atoms in total. The number of hydrogen-bond donors (Lipinski definition) is 2. The first-order chi connectivity index (χ1) is 13.2. The van der Waals surface area contributed by atoms with Crippen molar-refractivity contribution in [2.45, 2.75) is 45.9 Å². The molecule has 0 fully saturated rings. The Kier molecular flexibility index (Phi) is 5.38. The summed E-state index contributed by atoms with van der Waals surface area (Å²) >= 11 is 0. The number of aliphatic hydroxyl groups is 1. The highest BCUT2D eigenvalue weighted by atomic mass is 16.5. The van der Waals surface area contributed by atoms with E-state index < -0.39 is 11.5 Å². The van der Waals surface area contributed by atoms with Gasteiger partial charge in [0.25, 0.3) is 11.8 Å². The summed E-state index contributed by atoms with van der Waals surface area (Å²) in [4.78, 5) is 31.5. The second kappa shape index (κ2) is 7.59. The molecule has 1 unspecified atom stereocenters. The lowest BCUT2D eigenvalue weighted by Crippen LogP contribution is -2.47. The van der Waals surface area contributed by atoms with Gasteiger partial charge in [-0.25, -0.2) is 4.98 Å². The molecule has 0 radical (unpaired) electrons. The van der Waals surface area contributed by atoms with Crippen molar-refractivity contribution in [3.63, 3.8) is 0 Å². The minimum atomic E-state index is -1.04. The molecule has 0 spiro atoms. The van der Waals surface area contributed by atoms with E-state index in [0.717, 1.165) is 5.56 Å². The quantitative estimate of drug-likeness (QED) is 0.800. The van der Waals surface area contributed by atoms with Crippen LogP contribution in [0.15, 0.2) is 36.5 Å². The van der Waals surface area contributed by atoms with E-state index in [1.807, 2.05) is 19.9 Å². The first-order valence-electron chi connectivity index (χ1n) is 9.28. The molecule has 2 aromatic rings. The van der Waals surface area contributed by atoms with Crippen molar-refractivity contribution < 1.29 is 19.4 Å². The average Bonchev–Trinajstić information content (AvgIpc) is 2.98. The number of ether oxygens (including phenoxy) is 1. The number of carbonyl (C=O) groups excluding carboxylic acids is 2. The number of aromatic nitrogens is 1. The fourth-order valence-electron chi connectivity index (χ4n) is 3.19. The van der Waals surface area contributed by atoms with E-state index in [4.69, 9.17) is 4.74 Å². The zero-order chi connectivity index (χ0) is 20.5. The van der Waals surface area contributed by atoms with Crippen LogP contribution in [0.5, 0.6) is 5.88 Å². The van der Waals surface area contributed by atoms with Crippen LogP contribution in [0.3, 0.4) is 0 Å². The number of nitrogens with one attached hydrogen (secondary N) is 1. The molecule has 0 saturated heterocycles. The summed E-state index contributed by atoms with van der Waals surface area (Å²) in [6, 6.07) is 8.26. The van der Waals surface area contributed by atoms with Crippen LogP contribution in [-0.2, 0) is 6.54 Å². The van der Waals surface area contributed by atoms with Crippen LogP contribution in [0.25, 0.3) is 0 Å². The van der Waals surface area contributed by atoms with Crippen LogP contribution in [-0.4, -0.2) is 45.1 Å². The predicted molar refractivity (Wildman–Crippen MR) is 105 cm³/mol. The topological polar surface area (TPSA) is 91.8 Å². The number of benzene rings is 1. The second-order valence-electron chi connectivity index (χ2n) is 7.35. The smallest absolute Gasteiger partial charge is 0.261 e. The van der Waals surface area contributed by atoms with Gasteiger partial charge in [-0.05, 0) is 51.5 Å². The van der Waals surface area contributed by atoms with Gasteiger partial charge in [0.1, 0.15) is 5.56 Å². The van der Waals surface area contributed by atoms with Crippen molar-refractivity contribution in [1.29, 1.82) is 0 Å². The van der Waals surface area contributed by atoms with Crippen molar-refractivity contribution in [3.05, 3.63) is 53.2 Å². The SMILES string of the molecule is CCOc1ncccc1C(=O)Nc1cccc2c1C(=O)N(C(C)C(C)(C)O)C2. The lowest BCUT2D eigenvalue weighted by Gasteiger charge is -2.33. The number of pyridine rings is 1. The van der Waals surface area contributed by atoms with Gasteiger partial charge in [0.05, 0.1) is 29.5 Å². The highest BCUT2D eigenvalue weighted by molar-refractivity contribution is 6.11. The molecular weight excluding hydrogens is 358 g/mol. The van der Waals surface area contributed by atoms with Crippen molar-refractivity contribution in [2.75, 3.05) is 11.9 Å². The van der Waals surface area contributed by atoms with Crippen molar-refractivity contribution >= 4 is 17.5 Å². The predicted octanol–water partition coefficient (Wildman–Crippen LogP) is 2.85. The van der Waals surface area contributed by atoms with Crippen molar-refractivity contribution in [2.24, 2.45) is 0 Å². The lowest BCUT2D eigenvalue weighted by molar-refractivity contribution is -0.00644. The minimum absolute atomic E-state index is 0.211. The molecule has 0 saturated carbocycles. The highest BCUT2D eigenvalue weighted by Crippen LogP contribution is 2.33. The number of anilines is 1. The molecule has 2 N–H and O–H groups in total. The van der Waals surface area contributed by atoms with E-state index in [0.29, 0.717) is 30.0 Å². The Morgan fingerprint density at radius 1 is 1.36 bits per heavy atom. The van der Waals surface area contributed by atoms with Gasteiger partial charge >= 0.3 is 0 Å². The Hall–Kier alpha value is -2.93. The third-order valence-electron chi connectivity index (χ3n) is 5.00. The molecule has 1 aliphatic heterocycles. The molecule has 28 heavy (non-hydrogen) atoms. The molecule has 1 aromatic carbocycles. The molecule has 2 amide bonds. The van der Waals surface area contributed by atoms with E-state index in [1.54, 1.807) is 49.2 Å². The molecule has 3 rings (SSSR count). The van der Waals surface area contributed by atoms with Gasteiger partial charge < -0.3 is 20.1 Å². The fraction of sp³-hybridized carbons (Fsp3) is 0.381. The molecule has 148 valence electrons. The number of fused-ring (bicyclic) bond motifs is 1. The Bertz CT molecular complexity index is 905. The van der Waals surface area contributed by atoms with Crippen LogP contribution >= 0.6 is 0 Å². The molecule has 0 aliphatic carbocycles. The number of amides is 2. The third-order valence-corrected chi connectivity index (χ3v) is 5.00. The fourth-order valence-corrected chi connectivity index (χ4v) is 3.19. The number of rotatable bonds is 6. The zero-order valence-electron chi connectivity index (χ0n) is 16.5. The van der Waals surface area contributed by atoms with E-state index in [-0.39, 0.29) is 17.8 Å². The van der Waals surface area contributed by atoms with E-state index in [1.165, 1.54) is 0 Å².